The van der Waals surface area contributed by atoms with Gasteiger partial charge in [-0.05, 0) is 115 Å². The molecule has 0 saturated heterocycles. The smallest absolute Gasteiger partial charge is 0.135 e. The summed E-state index contributed by atoms with van der Waals surface area (Å²) in [5.41, 5.74) is 15.0. The predicted octanol–water partition coefficient (Wildman–Crippen LogP) is 18.2. The molecule has 0 aliphatic carbocycles. The molecule has 10 aromatic rings. The number of pyridine rings is 1. The summed E-state index contributed by atoms with van der Waals surface area (Å²) in [6.07, 6.45) is 1.60. The van der Waals surface area contributed by atoms with E-state index < -0.39 is 6.04 Å². The van der Waals surface area contributed by atoms with Gasteiger partial charge in [-0.15, -0.1) is 48.1 Å². The zero-order valence-corrected chi connectivity index (χ0v) is 45.3. The summed E-state index contributed by atoms with van der Waals surface area (Å²) in [6.45, 7) is 24.4. The summed E-state index contributed by atoms with van der Waals surface area (Å²) in [4.78, 5) is 9.44. The third kappa shape index (κ3) is 9.64. The van der Waals surface area contributed by atoms with Crippen molar-refractivity contribution < 1.29 is 32.7 Å². The molecule has 0 atom stereocenters. The second-order valence-electron chi connectivity index (χ2n) is 22.0. The normalized spacial score (nSPS) is 13.8. The summed E-state index contributed by atoms with van der Waals surface area (Å²) < 4.78 is 51.0. The van der Waals surface area contributed by atoms with E-state index in [1.807, 2.05) is 54.0 Å². The van der Waals surface area contributed by atoms with E-state index in [0.29, 0.717) is 28.4 Å². The van der Waals surface area contributed by atoms with Crippen LogP contribution in [0.4, 0.5) is 22.7 Å². The number of aryl methyl sites for hydroxylation is 1. The van der Waals surface area contributed by atoms with Crippen LogP contribution in [0.25, 0.3) is 61.0 Å². The van der Waals surface area contributed by atoms with Gasteiger partial charge in [0.25, 0.3) is 0 Å². The minimum Gasteiger partial charge on any atom is -0.509 e. The average Bonchev–Trinajstić information content (AvgIpc) is 3.98. The number of rotatable bonds is 8. The Morgan fingerprint density at radius 3 is 1.90 bits per heavy atom. The van der Waals surface area contributed by atoms with E-state index in [9.17, 15) is 0 Å². The molecule has 8 aromatic carbocycles. The van der Waals surface area contributed by atoms with Gasteiger partial charge >= 0.3 is 0 Å². The molecule has 0 saturated carbocycles. The summed E-state index contributed by atoms with van der Waals surface area (Å²) in [5.74, 6) is 1.57. The standard InChI is InChI=1S/C67H61N4O.Pt/c1-44-33-64(68-42-59(44)46-21-15-12-16-22-46)71-60-31-27-48(45-19-13-11-14-20-45)35-58(60)57-30-29-56(41-62(57)71)72-55-26-18-25-53(40-55)69-43-70(54-38-51(66(5,6)7)37-52(39-54)67(8,9)10)63-36-49(28-32-61(63)69)47-23-17-24-50(34-47)65(2,3)4;/h11-39,42-43H,1-10H3;/q-3;/i12D,15D,16D,21D,22D;. The fraction of sp³-hybridized carbons (Fsp3) is 0.194. The number of fused-ring (bicyclic) bond motifs is 4. The van der Waals surface area contributed by atoms with Crippen molar-refractivity contribution in [2.24, 2.45) is 0 Å². The van der Waals surface area contributed by atoms with Gasteiger partial charge in [0.15, 0.2) is 0 Å². The van der Waals surface area contributed by atoms with Crippen molar-refractivity contribution in [3.63, 3.8) is 0 Å². The van der Waals surface area contributed by atoms with Crippen LogP contribution in [0.5, 0.6) is 11.5 Å². The minimum absolute atomic E-state index is 0. The Morgan fingerprint density at radius 2 is 1.19 bits per heavy atom. The van der Waals surface area contributed by atoms with E-state index in [-0.39, 0.29) is 67.0 Å². The number of ether oxygens (including phenoxy) is 1. The second-order valence-corrected chi connectivity index (χ2v) is 22.0. The van der Waals surface area contributed by atoms with Crippen molar-refractivity contribution in [2.45, 2.75) is 85.5 Å². The molecule has 5 nitrogen and oxygen atoms in total. The van der Waals surface area contributed by atoms with Gasteiger partial charge in [-0.3, -0.25) is 0 Å². The number of anilines is 4. The molecule has 0 N–H and O–H groups in total. The van der Waals surface area contributed by atoms with E-state index in [1.165, 1.54) is 22.3 Å². The summed E-state index contributed by atoms with van der Waals surface area (Å²) in [6, 6.07) is 56.6. The van der Waals surface area contributed by atoms with Gasteiger partial charge in [0.2, 0.25) is 0 Å². The molecule has 0 radical (unpaired) electrons. The van der Waals surface area contributed by atoms with Gasteiger partial charge in [0.1, 0.15) is 5.82 Å². The van der Waals surface area contributed by atoms with Crippen LogP contribution in [0.2, 0.25) is 0 Å². The van der Waals surface area contributed by atoms with Gasteiger partial charge < -0.3 is 19.1 Å². The molecule has 11 rings (SSSR count). The molecule has 0 spiro atoms. The van der Waals surface area contributed by atoms with Crippen LogP contribution in [0.3, 0.4) is 0 Å². The molecule has 0 unspecified atom stereocenters. The maximum absolute atomic E-state index is 8.70. The Hall–Kier alpha value is -7.20. The number of nitrogens with zero attached hydrogens (tertiary/aromatic N) is 4. The molecule has 368 valence electrons. The van der Waals surface area contributed by atoms with Crippen LogP contribution < -0.4 is 14.5 Å². The monoisotopic (exact) mass is 1140 g/mol. The van der Waals surface area contributed by atoms with Crippen LogP contribution in [-0.2, 0) is 37.3 Å². The van der Waals surface area contributed by atoms with Crippen LogP contribution in [0, 0.1) is 25.7 Å². The molecule has 0 bridgehead atoms. The van der Waals surface area contributed by atoms with E-state index in [4.69, 9.17) is 16.6 Å². The van der Waals surface area contributed by atoms with Gasteiger partial charge in [-0.25, -0.2) is 4.98 Å². The van der Waals surface area contributed by atoms with Gasteiger partial charge in [-0.2, -0.15) is 12.1 Å². The quantitative estimate of drug-likeness (QED) is 0.142. The molecular formula is C67H61N4OPt-3. The van der Waals surface area contributed by atoms with Crippen molar-refractivity contribution >= 4 is 44.6 Å². The van der Waals surface area contributed by atoms with Crippen LogP contribution >= 0.6 is 0 Å². The molecule has 3 heterocycles. The first kappa shape index (κ1) is 43.4. The third-order valence-electron chi connectivity index (χ3n) is 13.8. The first-order valence-corrected chi connectivity index (χ1v) is 24.7. The van der Waals surface area contributed by atoms with Gasteiger partial charge in [0, 0.05) is 66.9 Å². The Bertz CT molecular complexity index is 3920. The number of benzene rings is 8. The Labute approximate surface area is 453 Å². The average molecular weight is 1140 g/mol. The van der Waals surface area contributed by atoms with Crippen molar-refractivity contribution in [3.8, 4) is 50.7 Å². The Balaban J connectivity index is 0.00000688. The summed E-state index contributed by atoms with van der Waals surface area (Å²) in [7, 11) is 0. The Kier molecular flexibility index (Phi) is 11.3. The first-order chi connectivity index (χ1) is 36.5. The maximum atomic E-state index is 8.70. The largest absolute Gasteiger partial charge is 0.509 e. The van der Waals surface area contributed by atoms with Gasteiger partial charge in [-0.1, -0.05) is 177 Å². The van der Waals surface area contributed by atoms with E-state index in [2.05, 4.69) is 194 Å². The minimum atomic E-state index is -0.435. The van der Waals surface area contributed by atoms with Crippen LogP contribution in [-0.4, -0.2) is 9.55 Å². The molecular weight excluding hydrogens is 1070 g/mol. The van der Waals surface area contributed by atoms with E-state index in [0.717, 1.165) is 61.2 Å². The fourth-order valence-corrected chi connectivity index (χ4v) is 9.62. The zero-order chi connectivity index (χ0) is 54.5. The van der Waals surface area contributed by atoms with Crippen LogP contribution in [0.1, 0.15) is 91.4 Å². The molecule has 6 heteroatoms. The summed E-state index contributed by atoms with van der Waals surface area (Å²) in [5, 5.41) is 1.93. The molecule has 2 aromatic heterocycles. The van der Waals surface area contributed by atoms with Gasteiger partial charge in [0.05, 0.1) is 6.85 Å². The predicted molar refractivity (Wildman–Crippen MR) is 301 cm³/mol. The zero-order valence-electron chi connectivity index (χ0n) is 48.0. The first-order valence-electron chi connectivity index (χ1n) is 27.2. The van der Waals surface area contributed by atoms with E-state index in [1.54, 1.807) is 6.20 Å². The molecule has 0 amide bonds. The number of aromatic nitrogens is 2. The van der Waals surface area contributed by atoms with Crippen molar-refractivity contribution in [1.29, 1.82) is 0 Å². The topological polar surface area (TPSA) is 33.5 Å². The third-order valence-corrected chi connectivity index (χ3v) is 13.8. The van der Waals surface area contributed by atoms with Crippen LogP contribution in [0.15, 0.2) is 182 Å². The molecule has 1 aliphatic heterocycles. The molecule has 1 aliphatic rings. The SMILES string of the molecule is [2H]c1c([2H])c([2H])c(-c2cnc(-n3c4[c-]c(Oc5[c-]c(N6[CH-]N(c7cc(C(C)(C)C)cc(C(C)(C)C)c7)c7cc(-c8cccc(C(C)(C)C)c8)ccc76)ccc5)ccc4c4cc(-c5ccccc5)ccc43)cc2C)c([2H])c1[2H].[Pt]. The number of hydrogen-bond acceptors (Lipinski definition) is 4. The molecule has 0 fully saturated rings. The van der Waals surface area contributed by atoms with Crippen molar-refractivity contribution in [3.05, 3.63) is 223 Å². The fourth-order valence-electron chi connectivity index (χ4n) is 9.62. The van der Waals surface area contributed by atoms with Crippen molar-refractivity contribution in [1.82, 2.24) is 9.55 Å². The second kappa shape index (κ2) is 19.0. The molecule has 73 heavy (non-hydrogen) atoms. The summed E-state index contributed by atoms with van der Waals surface area (Å²) >= 11 is 0. The number of hydrogen-bond donors (Lipinski definition) is 0. The Morgan fingerprint density at radius 1 is 0.534 bits per heavy atom. The van der Waals surface area contributed by atoms with Crippen molar-refractivity contribution in [2.75, 3.05) is 9.80 Å². The maximum Gasteiger partial charge on any atom is 0.135 e. The van der Waals surface area contributed by atoms with E-state index >= 15 is 0 Å².